The first-order valence-electron chi connectivity index (χ1n) is 6.34. The second-order valence-corrected chi connectivity index (χ2v) is 4.26. The molecule has 0 atom stereocenters. The molecular weight excluding hydrogens is 242 g/mol. The molecule has 7 heteroatoms. The van der Waals surface area contributed by atoms with Gasteiger partial charge >= 0.3 is 0 Å². The smallest absolute Gasteiger partial charge is 0.151 e. The van der Waals surface area contributed by atoms with E-state index in [1.807, 2.05) is 18.7 Å². The zero-order valence-electron chi connectivity index (χ0n) is 11.5. The lowest BCUT2D eigenvalue weighted by atomic mass is 10.1. The molecule has 0 fully saturated rings. The molecule has 0 saturated heterocycles. The number of anilines is 2. The normalized spacial score (nSPS) is 10.5. The van der Waals surface area contributed by atoms with Gasteiger partial charge in [0.05, 0.1) is 6.54 Å². The van der Waals surface area contributed by atoms with Gasteiger partial charge in [-0.05, 0) is 6.42 Å². The van der Waals surface area contributed by atoms with Crippen molar-refractivity contribution in [3.63, 3.8) is 0 Å². The Bertz CT molecular complexity index is 535. The van der Waals surface area contributed by atoms with E-state index in [2.05, 4.69) is 37.7 Å². The molecule has 2 aromatic rings. The molecule has 0 aliphatic rings. The SMILES string of the molecule is CCCc1c(NC)ncnc1NCc1nncn1C. The van der Waals surface area contributed by atoms with Crippen LogP contribution in [0.2, 0.25) is 0 Å². The van der Waals surface area contributed by atoms with E-state index in [4.69, 9.17) is 0 Å². The number of aryl methyl sites for hydroxylation is 1. The minimum Gasteiger partial charge on any atom is -0.373 e. The van der Waals surface area contributed by atoms with E-state index in [9.17, 15) is 0 Å². The lowest BCUT2D eigenvalue weighted by Gasteiger charge is -2.13. The van der Waals surface area contributed by atoms with Crippen LogP contribution in [0.1, 0.15) is 24.7 Å². The number of hydrogen-bond donors (Lipinski definition) is 2. The largest absolute Gasteiger partial charge is 0.373 e. The van der Waals surface area contributed by atoms with Crippen molar-refractivity contribution in [3.8, 4) is 0 Å². The van der Waals surface area contributed by atoms with Crippen LogP contribution in [0.25, 0.3) is 0 Å². The number of nitrogens with one attached hydrogen (secondary N) is 2. The number of aromatic nitrogens is 5. The highest BCUT2D eigenvalue weighted by molar-refractivity contribution is 5.57. The zero-order chi connectivity index (χ0) is 13.7. The van der Waals surface area contributed by atoms with Crippen LogP contribution < -0.4 is 10.6 Å². The molecule has 19 heavy (non-hydrogen) atoms. The molecule has 0 spiro atoms. The van der Waals surface area contributed by atoms with E-state index < -0.39 is 0 Å². The van der Waals surface area contributed by atoms with Crippen molar-refractivity contribution in [2.45, 2.75) is 26.3 Å². The maximum atomic E-state index is 4.32. The fraction of sp³-hybridized carbons (Fsp3) is 0.500. The molecule has 0 bridgehead atoms. The van der Waals surface area contributed by atoms with Crippen molar-refractivity contribution >= 4 is 11.6 Å². The highest BCUT2D eigenvalue weighted by atomic mass is 15.3. The summed E-state index contributed by atoms with van der Waals surface area (Å²) in [4.78, 5) is 8.56. The first-order valence-corrected chi connectivity index (χ1v) is 6.34. The Balaban J connectivity index is 2.17. The van der Waals surface area contributed by atoms with E-state index in [1.165, 1.54) is 0 Å². The molecule has 2 rings (SSSR count). The van der Waals surface area contributed by atoms with Crippen molar-refractivity contribution < 1.29 is 0 Å². The maximum Gasteiger partial charge on any atom is 0.151 e. The Morgan fingerprint density at radius 2 is 2.05 bits per heavy atom. The summed E-state index contributed by atoms with van der Waals surface area (Å²) in [7, 11) is 3.79. The molecule has 7 nitrogen and oxygen atoms in total. The Kier molecular flexibility index (Phi) is 4.27. The third-order valence-electron chi connectivity index (χ3n) is 2.90. The van der Waals surface area contributed by atoms with E-state index in [1.54, 1.807) is 12.7 Å². The van der Waals surface area contributed by atoms with Gasteiger partial charge in [0.2, 0.25) is 0 Å². The molecule has 0 aliphatic carbocycles. The molecule has 0 unspecified atom stereocenters. The van der Waals surface area contributed by atoms with Crippen molar-refractivity contribution in [1.82, 2.24) is 24.7 Å². The summed E-state index contributed by atoms with van der Waals surface area (Å²) in [5.74, 6) is 2.59. The van der Waals surface area contributed by atoms with Gasteiger partial charge in [-0.2, -0.15) is 0 Å². The predicted octanol–water partition coefficient (Wildman–Crippen LogP) is 1.21. The number of rotatable bonds is 6. The molecule has 0 aromatic carbocycles. The first-order chi connectivity index (χ1) is 9.26. The van der Waals surface area contributed by atoms with Gasteiger partial charge < -0.3 is 15.2 Å². The standard InChI is InChI=1S/C12H19N7/c1-4-5-9-11(13-2)15-7-16-12(9)14-6-10-18-17-8-19(10)3/h7-8H,4-6H2,1-3H3,(H2,13,14,15,16). The van der Waals surface area contributed by atoms with Crippen LogP contribution in [0.15, 0.2) is 12.7 Å². The summed E-state index contributed by atoms with van der Waals surface area (Å²) in [6, 6.07) is 0. The molecule has 2 aromatic heterocycles. The van der Waals surface area contributed by atoms with Crippen LogP contribution in [-0.2, 0) is 20.0 Å². The van der Waals surface area contributed by atoms with E-state index in [0.29, 0.717) is 6.54 Å². The molecular formula is C12H19N7. The Labute approximate surface area is 112 Å². The van der Waals surface area contributed by atoms with Gasteiger partial charge in [-0.1, -0.05) is 13.3 Å². The van der Waals surface area contributed by atoms with Gasteiger partial charge in [0, 0.05) is 19.7 Å². The summed E-state index contributed by atoms with van der Waals surface area (Å²) in [5.41, 5.74) is 1.11. The van der Waals surface area contributed by atoms with E-state index >= 15 is 0 Å². The Morgan fingerprint density at radius 1 is 1.26 bits per heavy atom. The van der Waals surface area contributed by atoms with Gasteiger partial charge in [0.1, 0.15) is 24.3 Å². The Morgan fingerprint density at radius 3 is 2.68 bits per heavy atom. The van der Waals surface area contributed by atoms with Crippen molar-refractivity contribution in [1.29, 1.82) is 0 Å². The fourth-order valence-corrected chi connectivity index (χ4v) is 1.90. The Hall–Kier alpha value is -2.18. The summed E-state index contributed by atoms with van der Waals surface area (Å²) >= 11 is 0. The number of hydrogen-bond acceptors (Lipinski definition) is 6. The summed E-state index contributed by atoms with van der Waals surface area (Å²) in [5, 5.41) is 14.3. The van der Waals surface area contributed by atoms with E-state index in [-0.39, 0.29) is 0 Å². The van der Waals surface area contributed by atoms with Gasteiger partial charge in [-0.15, -0.1) is 10.2 Å². The predicted molar refractivity (Wildman–Crippen MR) is 73.9 cm³/mol. The number of nitrogens with zero attached hydrogens (tertiary/aromatic N) is 5. The molecule has 102 valence electrons. The minimum absolute atomic E-state index is 0.591. The second kappa shape index (κ2) is 6.12. The van der Waals surface area contributed by atoms with Crippen LogP contribution >= 0.6 is 0 Å². The maximum absolute atomic E-state index is 4.32. The molecule has 0 saturated carbocycles. The summed E-state index contributed by atoms with van der Waals surface area (Å²) < 4.78 is 1.88. The van der Waals surface area contributed by atoms with Crippen molar-refractivity contribution in [3.05, 3.63) is 24.0 Å². The molecule has 0 radical (unpaired) electrons. The van der Waals surface area contributed by atoms with Crippen LogP contribution in [0.3, 0.4) is 0 Å². The van der Waals surface area contributed by atoms with Crippen LogP contribution in [0, 0.1) is 0 Å². The summed E-state index contributed by atoms with van der Waals surface area (Å²) in [6.07, 6.45) is 5.21. The zero-order valence-corrected chi connectivity index (χ0v) is 11.5. The van der Waals surface area contributed by atoms with Gasteiger partial charge in [0.25, 0.3) is 0 Å². The fourth-order valence-electron chi connectivity index (χ4n) is 1.90. The summed E-state index contributed by atoms with van der Waals surface area (Å²) in [6.45, 7) is 2.73. The lowest BCUT2D eigenvalue weighted by molar-refractivity contribution is 0.806. The second-order valence-electron chi connectivity index (χ2n) is 4.26. The first kappa shape index (κ1) is 13.3. The highest BCUT2D eigenvalue weighted by Crippen LogP contribution is 2.21. The molecule has 2 N–H and O–H groups in total. The molecule has 0 amide bonds. The van der Waals surface area contributed by atoms with Gasteiger partial charge in [-0.3, -0.25) is 0 Å². The average molecular weight is 261 g/mol. The van der Waals surface area contributed by atoms with Gasteiger partial charge in [0.15, 0.2) is 5.82 Å². The third-order valence-corrected chi connectivity index (χ3v) is 2.90. The highest BCUT2D eigenvalue weighted by Gasteiger charge is 2.10. The van der Waals surface area contributed by atoms with Crippen LogP contribution in [0.4, 0.5) is 11.6 Å². The average Bonchev–Trinajstić information content (AvgIpc) is 2.83. The quantitative estimate of drug-likeness (QED) is 0.813. The van der Waals surface area contributed by atoms with Crippen LogP contribution in [0.5, 0.6) is 0 Å². The minimum atomic E-state index is 0.591. The lowest BCUT2D eigenvalue weighted by Crippen LogP contribution is -2.11. The molecule has 2 heterocycles. The van der Waals surface area contributed by atoms with Gasteiger partial charge in [-0.25, -0.2) is 9.97 Å². The third kappa shape index (κ3) is 2.98. The monoisotopic (exact) mass is 261 g/mol. The van der Waals surface area contributed by atoms with Crippen LogP contribution in [-0.4, -0.2) is 31.8 Å². The topological polar surface area (TPSA) is 80.6 Å². The molecule has 0 aliphatic heterocycles. The van der Waals surface area contributed by atoms with E-state index in [0.717, 1.165) is 35.9 Å². The van der Waals surface area contributed by atoms with Crippen molar-refractivity contribution in [2.24, 2.45) is 7.05 Å². The van der Waals surface area contributed by atoms with Crippen molar-refractivity contribution in [2.75, 3.05) is 17.7 Å².